The molecule has 0 unspecified atom stereocenters. The van der Waals surface area contributed by atoms with Crippen LogP contribution in [-0.4, -0.2) is 43.5 Å². The number of hydrogen-bond acceptors (Lipinski definition) is 8. The number of nitrogens with zero attached hydrogens (tertiary/aromatic N) is 5. The Morgan fingerprint density at radius 2 is 1.90 bits per heavy atom. The van der Waals surface area contributed by atoms with Gasteiger partial charge in [-0.1, -0.05) is 32.3 Å². The summed E-state index contributed by atoms with van der Waals surface area (Å²) in [5.41, 5.74) is 2.43. The van der Waals surface area contributed by atoms with E-state index in [1.54, 1.807) is 0 Å². The van der Waals surface area contributed by atoms with E-state index in [0.717, 1.165) is 58.8 Å². The van der Waals surface area contributed by atoms with Gasteiger partial charge in [0, 0.05) is 29.6 Å². The molecule has 0 spiro atoms. The van der Waals surface area contributed by atoms with Crippen molar-refractivity contribution in [3.05, 3.63) is 69.8 Å². The smallest absolute Gasteiger partial charge is 0.252 e. The van der Waals surface area contributed by atoms with Crippen LogP contribution in [0.1, 0.15) is 81.4 Å². The van der Waals surface area contributed by atoms with Gasteiger partial charge in [0.1, 0.15) is 5.75 Å². The lowest BCUT2D eigenvalue weighted by Gasteiger charge is -2.32. The molecule has 10 heteroatoms. The molecule has 1 fully saturated rings. The third-order valence-corrected chi connectivity index (χ3v) is 7.96. The van der Waals surface area contributed by atoms with Crippen molar-refractivity contribution in [2.24, 2.45) is 0 Å². The van der Waals surface area contributed by atoms with Gasteiger partial charge >= 0.3 is 0 Å². The first kappa shape index (κ1) is 26.3. The van der Waals surface area contributed by atoms with Crippen LogP contribution in [0.3, 0.4) is 0 Å². The van der Waals surface area contributed by atoms with Gasteiger partial charge < -0.3 is 19.2 Å². The molecule has 6 rings (SSSR count). The zero-order chi connectivity index (χ0) is 27.5. The molecule has 3 heterocycles. The molecule has 4 aromatic rings. The van der Waals surface area contributed by atoms with Crippen molar-refractivity contribution in [1.82, 2.24) is 30.1 Å². The van der Waals surface area contributed by atoms with Gasteiger partial charge in [0.15, 0.2) is 17.3 Å². The summed E-state index contributed by atoms with van der Waals surface area (Å²) in [4.78, 5) is 18.7. The van der Waals surface area contributed by atoms with Crippen molar-refractivity contribution in [1.29, 1.82) is 0 Å². The molecule has 1 aliphatic carbocycles. The summed E-state index contributed by atoms with van der Waals surface area (Å²) in [5.74, 6) is 3.12. The Kier molecular flexibility index (Phi) is 7.68. The standard InChI is InChI=1S/C30H36N6O4/c1-3-26(29-32-33-34-36(29)23-8-6-5-7-9-23)35(17-20-10-13-27-28(14-20)40-19-39-27)18-22-15-21-16-24(38-4-2)11-12-25(21)31-30(22)37/h10-16,23,26H,3-9,17-19H2,1-2H3,(H,31,37)/t26-/m1/s1. The second-order valence-electron chi connectivity index (χ2n) is 10.6. The van der Waals surface area contributed by atoms with Crippen molar-refractivity contribution in [3.8, 4) is 17.2 Å². The van der Waals surface area contributed by atoms with Gasteiger partial charge in [0.2, 0.25) is 6.79 Å². The fourth-order valence-electron chi connectivity index (χ4n) is 5.98. The molecular formula is C30H36N6O4. The normalized spacial score (nSPS) is 16.1. The second-order valence-corrected chi connectivity index (χ2v) is 10.6. The maximum atomic E-state index is 13.3. The van der Waals surface area contributed by atoms with Crippen LogP contribution in [0.4, 0.5) is 0 Å². The van der Waals surface area contributed by atoms with E-state index in [2.05, 4.69) is 38.4 Å². The molecular weight excluding hydrogens is 508 g/mol. The molecule has 210 valence electrons. The Morgan fingerprint density at radius 3 is 2.73 bits per heavy atom. The van der Waals surface area contributed by atoms with Gasteiger partial charge in [-0.3, -0.25) is 9.69 Å². The zero-order valence-electron chi connectivity index (χ0n) is 23.1. The highest BCUT2D eigenvalue weighted by molar-refractivity contribution is 5.80. The highest BCUT2D eigenvalue weighted by Crippen LogP contribution is 2.36. The van der Waals surface area contributed by atoms with Crippen molar-refractivity contribution >= 4 is 10.9 Å². The minimum absolute atomic E-state index is 0.0906. The monoisotopic (exact) mass is 544 g/mol. The summed E-state index contributed by atoms with van der Waals surface area (Å²) in [7, 11) is 0. The van der Waals surface area contributed by atoms with Crippen molar-refractivity contribution in [3.63, 3.8) is 0 Å². The Bertz CT molecular complexity index is 1530. The van der Waals surface area contributed by atoms with E-state index in [1.807, 2.05) is 48.0 Å². The number of pyridine rings is 1. The fourth-order valence-corrected chi connectivity index (χ4v) is 5.98. The average Bonchev–Trinajstić information content (AvgIpc) is 3.64. The first-order valence-electron chi connectivity index (χ1n) is 14.3. The predicted octanol–water partition coefficient (Wildman–Crippen LogP) is 5.30. The summed E-state index contributed by atoms with van der Waals surface area (Å²) in [5, 5.41) is 14.0. The highest BCUT2D eigenvalue weighted by Gasteiger charge is 2.29. The Balaban J connectivity index is 1.37. The lowest BCUT2D eigenvalue weighted by molar-refractivity contribution is 0.155. The van der Waals surface area contributed by atoms with Crippen LogP contribution < -0.4 is 19.8 Å². The molecule has 40 heavy (non-hydrogen) atoms. The minimum Gasteiger partial charge on any atom is -0.494 e. The number of aromatic amines is 1. The number of benzene rings is 2. The molecule has 0 bridgehead atoms. The largest absolute Gasteiger partial charge is 0.494 e. The molecule has 2 aromatic carbocycles. The van der Waals surface area contributed by atoms with Gasteiger partial charge in [-0.05, 0) is 78.6 Å². The fraction of sp³-hybridized carbons (Fsp3) is 0.467. The summed E-state index contributed by atoms with van der Waals surface area (Å²) < 4.78 is 18.9. The summed E-state index contributed by atoms with van der Waals surface area (Å²) >= 11 is 0. The van der Waals surface area contributed by atoms with Crippen molar-refractivity contribution in [2.75, 3.05) is 13.4 Å². The van der Waals surface area contributed by atoms with E-state index < -0.39 is 0 Å². The Labute approximate surface area is 233 Å². The van der Waals surface area contributed by atoms with Gasteiger partial charge in [0.25, 0.3) is 5.56 Å². The van der Waals surface area contributed by atoms with Gasteiger partial charge in [-0.2, -0.15) is 0 Å². The maximum absolute atomic E-state index is 13.3. The Morgan fingerprint density at radius 1 is 1.05 bits per heavy atom. The van der Waals surface area contributed by atoms with Crippen LogP contribution in [0.2, 0.25) is 0 Å². The minimum atomic E-state index is -0.103. The molecule has 0 saturated heterocycles. The highest BCUT2D eigenvalue weighted by atomic mass is 16.7. The van der Waals surface area contributed by atoms with Gasteiger partial charge in [-0.25, -0.2) is 4.68 Å². The van der Waals surface area contributed by atoms with Crippen molar-refractivity contribution in [2.45, 2.75) is 77.5 Å². The zero-order valence-corrected chi connectivity index (χ0v) is 23.1. The SMILES string of the molecule is CCOc1ccc2[nH]c(=O)c(CN(Cc3ccc4c(c3)OCO4)[C@H](CC)c3nnnn3C3CCCCC3)cc2c1. The van der Waals surface area contributed by atoms with E-state index in [-0.39, 0.29) is 18.4 Å². The summed E-state index contributed by atoms with van der Waals surface area (Å²) in [6, 6.07) is 14.0. The number of H-pyrrole nitrogens is 1. The first-order chi connectivity index (χ1) is 19.6. The molecule has 1 aliphatic heterocycles. The van der Waals surface area contributed by atoms with Crippen LogP contribution in [-0.2, 0) is 13.1 Å². The molecule has 10 nitrogen and oxygen atoms in total. The average molecular weight is 545 g/mol. The quantitative estimate of drug-likeness (QED) is 0.287. The van der Waals surface area contributed by atoms with E-state index in [1.165, 1.54) is 19.3 Å². The topological polar surface area (TPSA) is 107 Å². The van der Waals surface area contributed by atoms with Crippen LogP contribution >= 0.6 is 0 Å². The molecule has 1 N–H and O–H groups in total. The van der Waals surface area contributed by atoms with Crippen molar-refractivity contribution < 1.29 is 14.2 Å². The molecule has 1 atom stereocenters. The number of rotatable bonds is 10. The summed E-state index contributed by atoms with van der Waals surface area (Å²) in [6.45, 7) is 5.93. The van der Waals surface area contributed by atoms with Crippen LogP contribution in [0.15, 0.2) is 47.3 Å². The number of hydrogen-bond donors (Lipinski definition) is 1. The van der Waals surface area contributed by atoms with Crippen LogP contribution in [0.25, 0.3) is 10.9 Å². The van der Waals surface area contributed by atoms with Crippen LogP contribution in [0, 0.1) is 0 Å². The van der Waals surface area contributed by atoms with Gasteiger partial charge in [0.05, 0.1) is 18.7 Å². The number of tetrazole rings is 1. The Hall–Kier alpha value is -3.92. The third kappa shape index (κ3) is 5.40. The summed E-state index contributed by atoms with van der Waals surface area (Å²) in [6.07, 6.45) is 6.61. The first-order valence-corrected chi connectivity index (χ1v) is 14.3. The molecule has 0 radical (unpaired) electrons. The number of aromatic nitrogens is 5. The van der Waals surface area contributed by atoms with E-state index in [4.69, 9.17) is 14.2 Å². The third-order valence-electron chi connectivity index (χ3n) is 7.96. The van der Waals surface area contributed by atoms with Gasteiger partial charge in [-0.15, -0.1) is 5.10 Å². The molecule has 2 aliphatic rings. The van der Waals surface area contributed by atoms with E-state index >= 15 is 0 Å². The lowest BCUT2D eigenvalue weighted by atomic mass is 9.95. The molecule has 2 aromatic heterocycles. The predicted molar refractivity (Wildman–Crippen MR) is 151 cm³/mol. The molecule has 0 amide bonds. The number of fused-ring (bicyclic) bond motifs is 2. The van der Waals surface area contributed by atoms with E-state index in [0.29, 0.717) is 31.3 Å². The lowest BCUT2D eigenvalue weighted by Crippen LogP contribution is -2.33. The van der Waals surface area contributed by atoms with E-state index in [9.17, 15) is 4.79 Å². The molecule has 1 saturated carbocycles. The second kappa shape index (κ2) is 11.7. The van der Waals surface area contributed by atoms with Crippen LogP contribution in [0.5, 0.6) is 17.2 Å². The number of nitrogens with one attached hydrogen (secondary N) is 1. The maximum Gasteiger partial charge on any atom is 0.252 e. The number of ether oxygens (including phenoxy) is 3.